The zero-order valence-electron chi connectivity index (χ0n) is 16.4. The highest BCUT2D eigenvalue weighted by atomic mass is 35.5. The second-order valence-corrected chi connectivity index (χ2v) is 6.69. The van der Waals surface area contributed by atoms with E-state index in [-0.39, 0.29) is 61.5 Å². The highest BCUT2D eigenvalue weighted by Gasteiger charge is 2.22. The summed E-state index contributed by atoms with van der Waals surface area (Å²) in [6, 6.07) is 6.04. The van der Waals surface area contributed by atoms with Crippen molar-refractivity contribution in [2.45, 2.75) is 19.5 Å². The molecule has 3 N–H and O–H groups in total. The average Bonchev–Trinajstić information content (AvgIpc) is 3.12. The first-order valence-electron chi connectivity index (χ1n) is 8.79. The molecule has 1 fully saturated rings. The number of likely N-dealkylation sites (N-methyl/N-ethyl adjacent to an activating group) is 1. The van der Waals surface area contributed by atoms with Crippen LogP contribution in [0.25, 0.3) is 0 Å². The molecule has 1 saturated heterocycles. The molecule has 1 unspecified atom stereocenters. The van der Waals surface area contributed by atoms with Crippen LogP contribution in [-0.4, -0.2) is 44.0 Å². The Morgan fingerprint density at radius 1 is 1.21 bits per heavy atom. The number of nitrogens with one attached hydrogen (secondary N) is 1. The number of hydrogen-bond donors (Lipinski definition) is 2. The molecular formula is C19H28Cl3FN4O2. The Kier molecular flexibility index (Phi) is 11.6. The summed E-state index contributed by atoms with van der Waals surface area (Å²) >= 11 is 0. The van der Waals surface area contributed by atoms with E-state index in [9.17, 15) is 9.18 Å². The van der Waals surface area contributed by atoms with E-state index in [1.807, 2.05) is 6.92 Å². The lowest BCUT2D eigenvalue weighted by molar-refractivity contribution is 0.0939. The molecule has 2 aromatic rings. The van der Waals surface area contributed by atoms with Gasteiger partial charge < -0.3 is 25.3 Å². The van der Waals surface area contributed by atoms with Gasteiger partial charge in [-0.2, -0.15) is 0 Å². The summed E-state index contributed by atoms with van der Waals surface area (Å²) in [5.41, 5.74) is 7.65. The standard InChI is InChI=1S/C19H25FN4O2.3ClH/c1-13(22-19(25)14-9-16(11-21)26-12-14)17-10-15(20)3-4-18(17)24-7-5-23(2)6-8-24;;;/h3-4,9-10,12-13H,5-8,11,21H2,1-2H3,(H,22,25);3*1H. The molecule has 1 aromatic heterocycles. The first-order chi connectivity index (χ1) is 12.5. The predicted octanol–water partition coefficient (Wildman–Crippen LogP) is 3.39. The molecule has 2 heterocycles. The Balaban J connectivity index is 0.00000261. The first kappa shape index (κ1) is 27.5. The molecule has 0 spiro atoms. The minimum Gasteiger partial charge on any atom is -0.467 e. The maximum Gasteiger partial charge on any atom is 0.255 e. The van der Waals surface area contributed by atoms with Crippen molar-refractivity contribution in [3.63, 3.8) is 0 Å². The van der Waals surface area contributed by atoms with Gasteiger partial charge in [0.1, 0.15) is 17.8 Å². The number of benzene rings is 1. The Hall–Kier alpha value is -1.51. The molecule has 0 bridgehead atoms. The van der Waals surface area contributed by atoms with Crippen molar-refractivity contribution < 1.29 is 13.6 Å². The van der Waals surface area contributed by atoms with Crippen LogP contribution in [0, 0.1) is 5.82 Å². The Labute approximate surface area is 189 Å². The maximum atomic E-state index is 13.9. The fraction of sp³-hybridized carbons (Fsp3) is 0.421. The van der Waals surface area contributed by atoms with Crippen LogP contribution in [0.3, 0.4) is 0 Å². The number of piperazine rings is 1. The molecule has 1 aliphatic heterocycles. The van der Waals surface area contributed by atoms with Crippen LogP contribution in [-0.2, 0) is 6.54 Å². The second kappa shape index (κ2) is 12.2. The van der Waals surface area contributed by atoms with Gasteiger partial charge in [0.25, 0.3) is 5.91 Å². The van der Waals surface area contributed by atoms with E-state index in [0.29, 0.717) is 11.3 Å². The molecule has 3 rings (SSSR count). The number of nitrogens with zero attached hydrogens (tertiary/aromatic N) is 2. The topological polar surface area (TPSA) is 74.7 Å². The van der Waals surface area contributed by atoms with Crippen molar-refractivity contribution >= 4 is 48.8 Å². The summed E-state index contributed by atoms with van der Waals surface area (Å²) < 4.78 is 19.1. The molecular weight excluding hydrogens is 442 g/mol. The van der Waals surface area contributed by atoms with Gasteiger partial charge in [0.2, 0.25) is 0 Å². The van der Waals surface area contributed by atoms with Crippen LogP contribution >= 0.6 is 37.2 Å². The maximum absolute atomic E-state index is 13.9. The molecule has 29 heavy (non-hydrogen) atoms. The number of rotatable bonds is 5. The van der Waals surface area contributed by atoms with E-state index in [1.54, 1.807) is 12.1 Å². The fourth-order valence-electron chi connectivity index (χ4n) is 3.17. The molecule has 1 atom stereocenters. The van der Waals surface area contributed by atoms with Crippen molar-refractivity contribution in [1.82, 2.24) is 10.2 Å². The van der Waals surface area contributed by atoms with E-state index in [4.69, 9.17) is 10.2 Å². The minimum absolute atomic E-state index is 0. The lowest BCUT2D eigenvalue weighted by Gasteiger charge is -2.36. The zero-order valence-corrected chi connectivity index (χ0v) is 18.8. The number of anilines is 1. The third-order valence-corrected chi connectivity index (χ3v) is 4.76. The lowest BCUT2D eigenvalue weighted by Crippen LogP contribution is -2.45. The lowest BCUT2D eigenvalue weighted by atomic mass is 10.0. The summed E-state index contributed by atoms with van der Waals surface area (Å²) in [6.07, 6.45) is 1.39. The molecule has 1 amide bonds. The van der Waals surface area contributed by atoms with Crippen molar-refractivity contribution in [3.05, 3.63) is 53.2 Å². The molecule has 10 heteroatoms. The van der Waals surface area contributed by atoms with Gasteiger partial charge in [0.15, 0.2) is 0 Å². The number of carbonyl (C=O) groups excluding carboxylic acids is 1. The van der Waals surface area contributed by atoms with Crippen molar-refractivity contribution in [2.75, 3.05) is 38.1 Å². The second-order valence-electron chi connectivity index (χ2n) is 6.69. The van der Waals surface area contributed by atoms with Crippen LogP contribution in [0.5, 0.6) is 0 Å². The number of furan rings is 1. The highest BCUT2D eigenvalue weighted by Crippen LogP contribution is 2.28. The van der Waals surface area contributed by atoms with Crippen LogP contribution in [0.15, 0.2) is 34.9 Å². The summed E-state index contributed by atoms with van der Waals surface area (Å²) in [5, 5.41) is 2.92. The molecule has 1 aromatic carbocycles. The van der Waals surface area contributed by atoms with Gasteiger partial charge in [-0.15, -0.1) is 37.2 Å². The Morgan fingerprint density at radius 3 is 2.45 bits per heavy atom. The van der Waals surface area contributed by atoms with Crippen molar-refractivity contribution in [1.29, 1.82) is 0 Å². The molecule has 0 saturated carbocycles. The van der Waals surface area contributed by atoms with Gasteiger partial charge in [-0.05, 0) is 38.2 Å². The van der Waals surface area contributed by atoms with Gasteiger partial charge in [-0.3, -0.25) is 4.79 Å². The smallest absolute Gasteiger partial charge is 0.255 e. The molecule has 6 nitrogen and oxygen atoms in total. The van der Waals surface area contributed by atoms with Gasteiger partial charge in [-0.1, -0.05) is 0 Å². The molecule has 1 aliphatic rings. The normalized spacial score (nSPS) is 14.8. The number of nitrogens with two attached hydrogens (primary N) is 1. The summed E-state index contributed by atoms with van der Waals surface area (Å²) in [4.78, 5) is 16.9. The fourth-order valence-corrected chi connectivity index (χ4v) is 3.17. The Morgan fingerprint density at radius 2 is 1.86 bits per heavy atom. The molecule has 0 aliphatic carbocycles. The quantitative estimate of drug-likeness (QED) is 0.702. The van der Waals surface area contributed by atoms with Gasteiger partial charge in [-0.25, -0.2) is 4.39 Å². The van der Waals surface area contributed by atoms with Gasteiger partial charge in [0, 0.05) is 37.4 Å². The third-order valence-electron chi connectivity index (χ3n) is 4.76. The van der Waals surface area contributed by atoms with Crippen molar-refractivity contribution in [2.24, 2.45) is 5.73 Å². The molecule has 164 valence electrons. The van der Waals surface area contributed by atoms with E-state index in [0.717, 1.165) is 37.4 Å². The van der Waals surface area contributed by atoms with Crippen LogP contribution < -0.4 is 16.0 Å². The number of hydrogen-bond acceptors (Lipinski definition) is 5. The van der Waals surface area contributed by atoms with Crippen molar-refractivity contribution in [3.8, 4) is 0 Å². The highest BCUT2D eigenvalue weighted by molar-refractivity contribution is 5.94. The van der Waals surface area contributed by atoms with Crippen LogP contribution in [0.4, 0.5) is 10.1 Å². The minimum atomic E-state index is -0.343. The van der Waals surface area contributed by atoms with E-state index in [2.05, 4.69) is 22.2 Å². The molecule has 0 radical (unpaired) electrons. The van der Waals surface area contributed by atoms with Crippen LogP contribution in [0.2, 0.25) is 0 Å². The van der Waals surface area contributed by atoms with Gasteiger partial charge in [0.05, 0.1) is 18.2 Å². The SMILES string of the molecule is CC(NC(=O)c1coc(CN)c1)c1cc(F)ccc1N1CCN(C)CC1.Cl.Cl.Cl. The number of carbonyl (C=O) groups is 1. The van der Waals surface area contributed by atoms with Gasteiger partial charge >= 0.3 is 0 Å². The predicted molar refractivity (Wildman–Crippen MR) is 120 cm³/mol. The van der Waals surface area contributed by atoms with E-state index >= 15 is 0 Å². The zero-order chi connectivity index (χ0) is 18.7. The largest absolute Gasteiger partial charge is 0.467 e. The Bertz CT molecular complexity index is 783. The van der Waals surface area contributed by atoms with E-state index in [1.165, 1.54) is 18.4 Å². The average molecular weight is 470 g/mol. The number of amides is 1. The summed E-state index contributed by atoms with van der Waals surface area (Å²) in [7, 11) is 2.09. The summed E-state index contributed by atoms with van der Waals surface area (Å²) in [6.45, 7) is 5.74. The first-order valence-corrected chi connectivity index (χ1v) is 8.79. The van der Waals surface area contributed by atoms with E-state index < -0.39 is 0 Å². The monoisotopic (exact) mass is 468 g/mol. The van der Waals surface area contributed by atoms with Crippen LogP contribution in [0.1, 0.15) is 34.6 Å². The number of halogens is 4. The summed E-state index contributed by atoms with van der Waals surface area (Å²) in [5.74, 6) is -0.0334. The third kappa shape index (κ3) is 6.76.